The number of rotatable bonds is 4. The molecule has 2 nitrogen and oxygen atoms in total. The lowest BCUT2D eigenvalue weighted by Gasteiger charge is -2.45. The number of likely N-dealkylation sites (tertiary alicyclic amines) is 2. The Morgan fingerprint density at radius 3 is 2.21 bits per heavy atom. The van der Waals surface area contributed by atoms with Crippen LogP contribution in [0.4, 0.5) is 0 Å². The van der Waals surface area contributed by atoms with Gasteiger partial charge in [0, 0.05) is 38.6 Å². The van der Waals surface area contributed by atoms with Gasteiger partial charge in [-0.25, -0.2) is 0 Å². The molecule has 2 fully saturated rings. The van der Waals surface area contributed by atoms with Crippen LogP contribution in [0.25, 0.3) is 0 Å². The number of nitrogens with zero attached hydrogens (tertiary/aromatic N) is 2. The van der Waals surface area contributed by atoms with Gasteiger partial charge in [-0.3, -0.25) is 0 Å². The standard InChI is InChI=1S/C17H26N2/c1-13(2)15-4-6-16(7-5-15)17-11-19(12-17)10-14-8-18(3)9-14/h4-7,13-14,17H,8-12H2,1-3H3. The van der Waals surface area contributed by atoms with E-state index in [1.54, 1.807) is 0 Å². The van der Waals surface area contributed by atoms with Gasteiger partial charge in [0.2, 0.25) is 0 Å². The highest BCUT2D eigenvalue weighted by molar-refractivity contribution is 5.29. The SMILES string of the molecule is CC(C)c1ccc(C2CN(CC3CN(C)C3)C2)cc1. The van der Waals surface area contributed by atoms with Crippen molar-refractivity contribution in [3.63, 3.8) is 0 Å². The highest BCUT2D eigenvalue weighted by Gasteiger charge is 2.32. The maximum atomic E-state index is 2.62. The lowest BCUT2D eigenvalue weighted by Crippen LogP contribution is -2.54. The van der Waals surface area contributed by atoms with Gasteiger partial charge in [-0.15, -0.1) is 0 Å². The molecule has 2 heteroatoms. The first kappa shape index (κ1) is 13.1. The molecule has 0 spiro atoms. The lowest BCUT2D eigenvalue weighted by atomic mass is 9.88. The molecular weight excluding hydrogens is 232 g/mol. The van der Waals surface area contributed by atoms with Crippen molar-refractivity contribution in [2.75, 3.05) is 39.8 Å². The predicted octanol–water partition coefficient (Wildman–Crippen LogP) is 2.77. The zero-order chi connectivity index (χ0) is 13.4. The van der Waals surface area contributed by atoms with Gasteiger partial charge in [0.05, 0.1) is 0 Å². The Morgan fingerprint density at radius 2 is 1.68 bits per heavy atom. The summed E-state index contributed by atoms with van der Waals surface area (Å²) in [5.74, 6) is 2.34. The monoisotopic (exact) mass is 258 g/mol. The Labute approximate surface area is 117 Å². The Balaban J connectivity index is 1.47. The minimum Gasteiger partial charge on any atom is -0.306 e. The molecule has 0 aromatic heterocycles. The van der Waals surface area contributed by atoms with Crippen LogP contribution in [0.15, 0.2) is 24.3 Å². The second-order valence-corrected chi connectivity index (χ2v) is 6.82. The average Bonchev–Trinajstić information content (AvgIpc) is 2.30. The van der Waals surface area contributed by atoms with Gasteiger partial charge in [-0.1, -0.05) is 38.1 Å². The second kappa shape index (κ2) is 5.26. The van der Waals surface area contributed by atoms with E-state index in [4.69, 9.17) is 0 Å². The van der Waals surface area contributed by atoms with Crippen LogP contribution >= 0.6 is 0 Å². The molecule has 0 amide bonds. The van der Waals surface area contributed by atoms with Crippen molar-refractivity contribution < 1.29 is 0 Å². The van der Waals surface area contributed by atoms with Gasteiger partial charge in [-0.05, 0) is 30.0 Å². The summed E-state index contributed by atoms with van der Waals surface area (Å²) in [5, 5.41) is 0. The molecule has 1 aromatic carbocycles. The van der Waals surface area contributed by atoms with Crippen molar-refractivity contribution in [3.05, 3.63) is 35.4 Å². The van der Waals surface area contributed by atoms with Crippen LogP contribution in [-0.4, -0.2) is 49.6 Å². The summed E-state index contributed by atoms with van der Waals surface area (Å²) in [6.07, 6.45) is 0. The van der Waals surface area contributed by atoms with Crippen molar-refractivity contribution in [2.24, 2.45) is 5.92 Å². The topological polar surface area (TPSA) is 6.48 Å². The van der Waals surface area contributed by atoms with Gasteiger partial charge in [0.25, 0.3) is 0 Å². The molecule has 2 aliphatic rings. The zero-order valence-corrected chi connectivity index (χ0v) is 12.5. The lowest BCUT2D eigenvalue weighted by molar-refractivity contribution is 0.0538. The summed E-state index contributed by atoms with van der Waals surface area (Å²) < 4.78 is 0. The van der Waals surface area contributed by atoms with Crippen LogP contribution in [0.2, 0.25) is 0 Å². The van der Waals surface area contributed by atoms with E-state index in [1.807, 2.05) is 0 Å². The van der Waals surface area contributed by atoms with Crippen LogP contribution in [-0.2, 0) is 0 Å². The molecule has 0 saturated carbocycles. The van der Waals surface area contributed by atoms with Crippen LogP contribution in [0.5, 0.6) is 0 Å². The van der Waals surface area contributed by atoms with Gasteiger partial charge >= 0.3 is 0 Å². The van der Waals surface area contributed by atoms with E-state index in [0.29, 0.717) is 5.92 Å². The number of hydrogen-bond acceptors (Lipinski definition) is 2. The Bertz CT molecular complexity index is 411. The third-order valence-corrected chi connectivity index (χ3v) is 4.69. The molecule has 2 heterocycles. The third-order valence-electron chi connectivity index (χ3n) is 4.69. The molecule has 0 N–H and O–H groups in total. The van der Waals surface area contributed by atoms with E-state index in [9.17, 15) is 0 Å². The third kappa shape index (κ3) is 2.85. The summed E-state index contributed by atoms with van der Waals surface area (Å²) in [4.78, 5) is 5.03. The molecule has 19 heavy (non-hydrogen) atoms. The van der Waals surface area contributed by atoms with Crippen LogP contribution < -0.4 is 0 Å². The minimum absolute atomic E-state index is 0.641. The van der Waals surface area contributed by atoms with Crippen molar-refractivity contribution >= 4 is 0 Å². The minimum atomic E-state index is 0.641. The Kier molecular flexibility index (Phi) is 3.64. The first-order valence-electron chi connectivity index (χ1n) is 7.62. The fourth-order valence-electron chi connectivity index (χ4n) is 3.39. The molecule has 0 unspecified atom stereocenters. The zero-order valence-electron chi connectivity index (χ0n) is 12.5. The Morgan fingerprint density at radius 1 is 1.05 bits per heavy atom. The molecule has 104 valence electrons. The molecular formula is C17H26N2. The molecule has 3 rings (SSSR count). The smallest absolute Gasteiger partial charge is 0.00936 e. The van der Waals surface area contributed by atoms with Gasteiger partial charge < -0.3 is 9.80 Å². The van der Waals surface area contributed by atoms with Crippen molar-refractivity contribution in [3.8, 4) is 0 Å². The summed E-state index contributed by atoms with van der Waals surface area (Å²) >= 11 is 0. The first-order chi connectivity index (χ1) is 9.11. The molecule has 1 aromatic rings. The molecule has 0 radical (unpaired) electrons. The highest BCUT2D eigenvalue weighted by atomic mass is 15.2. The van der Waals surface area contributed by atoms with E-state index in [-0.39, 0.29) is 0 Å². The Hall–Kier alpha value is -0.860. The highest BCUT2D eigenvalue weighted by Crippen LogP contribution is 2.29. The van der Waals surface area contributed by atoms with E-state index < -0.39 is 0 Å². The van der Waals surface area contributed by atoms with Gasteiger partial charge in [-0.2, -0.15) is 0 Å². The van der Waals surface area contributed by atoms with Crippen LogP contribution in [0.1, 0.15) is 36.8 Å². The maximum Gasteiger partial charge on any atom is 0.00936 e. The molecule has 2 aliphatic heterocycles. The number of benzene rings is 1. The summed E-state index contributed by atoms with van der Waals surface area (Å²) in [7, 11) is 2.21. The van der Waals surface area contributed by atoms with Crippen molar-refractivity contribution in [2.45, 2.75) is 25.7 Å². The quantitative estimate of drug-likeness (QED) is 0.819. The fourth-order valence-corrected chi connectivity index (χ4v) is 3.39. The molecule has 0 bridgehead atoms. The first-order valence-corrected chi connectivity index (χ1v) is 7.62. The van der Waals surface area contributed by atoms with Crippen molar-refractivity contribution in [1.29, 1.82) is 0 Å². The summed E-state index contributed by atoms with van der Waals surface area (Å²) in [5.41, 5.74) is 2.99. The van der Waals surface area contributed by atoms with E-state index in [0.717, 1.165) is 11.8 Å². The fraction of sp³-hybridized carbons (Fsp3) is 0.647. The second-order valence-electron chi connectivity index (χ2n) is 6.82. The molecule has 2 saturated heterocycles. The predicted molar refractivity (Wildman–Crippen MR) is 80.7 cm³/mol. The largest absolute Gasteiger partial charge is 0.306 e. The van der Waals surface area contributed by atoms with Gasteiger partial charge in [0.15, 0.2) is 0 Å². The summed E-state index contributed by atoms with van der Waals surface area (Å²) in [6, 6.07) is 9.30. The van der Waals surface area contributed by atoms with E-state index in [2.05, 4.69) is 55.0 Å². The van der Waals surface area contributed by atoms with Crippen molar-refractivity contribution in [1.82, 2.24) is 9.80 Å². The normalized spacial score (nSPS) is 22.5. The van der Waals surface area contributed by atoms with Gasteiger partial charge in [0.1, 0.15) is 0 Å². The summed E-state index contributed by atoms with van der Waals surface area (Å²) in [6.45, 7) is 11.0. The number of hydrogen-bond donors (Lipinski definition) is 0. The maximum absolute atomic E-state index is 2.62. The average molecular weight is 258 g/mol. The van der Waals surface area contributed by atoms with E-state index >= 15 is 0 Å². The van der Waals surface area contributed by atoms with Crippen LogP contribution in [0, 0.1) is 5.92 Å². The molecule has 0 atom stereocenters. The molecule has 0 aliphatic carbocycles. The van der Waals surface area contributed by atoms with Crippen LogP contribution in [0.3, 0.4) is 0 Å². The van der Waals surface area contributed by atoms with E-state index in [1.165, 1.54) is 43.9 Å².